The monoisotopic (exact) mass is 215 g/mol. The number of benzene rings is 1. The molecule has 1 aromatic carbocycles. The fourth-order valence-electron chi connectivity index (χ4n) is 1.97. The normalized spacial score (nSPS) is 12.9. The van der Waals surface area contributed by atoms with Gasteiger partial charge in [0, 0.05) is 17.8 Å². The number of rotatable bonds is 4. The lowest BCUT2D eigenvalue weighted by Gasteiger charge is -2.09. The van der Waals surface area contributed by atoms with Gasteiger partial charge in [0.15, 0.2) is 0 Å². The van der Waals surface area contributed by atoms with Gasteiger partial charge in [-0.15, -0.1) is 0 Å². The summed E-state index contributed by atoms with van der Waals surface area (Å²) in [7, 11) is 0. The lowest BCUT2D eigenvalue weighted by Crippen LogP contribution is -2.09. The van der Waals surface area contributed by atoms with Crippen LogP contribution in [-0.4, -0.2) is 16.2 Å². The van der Waals surface area contributed by atoms with Crippen molar-refractivity contribution in [2.24, 2.45) is 0 Å². The van der Waals surface area contributed by atoms with Gasteiger partial charge in [0.25, 0.3) is 0 Å². The molecule has 2 heteroatoms. The predicted octanol–water partition coefficient (Wildman–Crippen LogP) is 2.94. The highest BCUT2D eigenvalue weighted by Crippen LogP contribution is 2.16. The highest BCUT2D eigenvalue weighted by atomic mass is 16.3. The number of nitrogens with zero attached hydrogens (tertiary/aromatic N) is 1. The smallest absolute Gasteiger partial charge is 0.0580 e. The largest absolute Gasteiger partial charge is 0.393 e. The summed E-state index contributed by atoms with van der Waals surface area (Å²) in [5.74, 6) is 0. The van der Waals surface area contributed by atoms with Gasteiger partial charge >= 0.3 is 0 Å². The molecule has 0 amide bonds. The second-order valence-corrected chi connectivity index (χ2v) is 4.20. The van der Waals surface area contributed by atoms with Crippen LogP contribution in [-0.2, 0) is 6.42 Å². The third-order valence-electron chi connectivity index (χ3n) is 2.80. The Labute approximate surface area is 96.0 Å². The predicted molar refractivity (Wildman–Crippen MR) is 66.4 cm³/mol. The summed E-state index contributed by atoms with van der Waals surface area (Å²) in [6, 6.07) is 8.28. The summed E-state index contributed by atoms with van der Waals surface area (Å²) >= 11 is 0. The summed E-state index contributed by atoms with van der Waals surface area (Å²) in [6.45, 7) is 2.09. The fourth-order valence-corrected chi connectivity index (χ4v) is 1.97. The average molecular weight is 215 g/mol. The van der Waals surface area contributed by atoms with Crippen molar-refractivity contribution in [2.45, 2.75) is 32.3 Å². The molecule has 84 valence electrons. The van der Waals surface area contributed by atoms with E-state index in [9.17, 15) is 5.11 Å². The molecule has 0 aliphatic rings. The van der Waals surface area contributed by atoms with E-state index >= 15 is 0 Å². The molecule has 0 saturated carbocycles. The summed E-state index contributed by atoms with van der Waals surface area (Å²) in [5, 5.41) is 12.1. The first-order valence-corrected chi connectivity index (χ1v) is 5.80. The van der Waals surface area contributed by atoms with Gasteiger partial charge in [-0.25, -0.2) is 0 Å². The third kappa shape index (κ3) is 2.58. The Morgan fingerprint density at radius 1 is 1.25 bits per heavy atom. The first-order valence-electron chi connectivity index (χ1n) is 5.80. The summed E-state index contributed by atoms with van der Waals surface area (Å²) < 4.78 is 0. The van der Waals surface area contributed by atoms with Gasteiger partial charge in [-0.2, -0.15) is 0 Å². The Hall–Kier alpha value is -1.41. The van der Waals surface area contributed by atoms with Crippen LogP contribution in [0.1, 0.15) is 25.3 Å². The van der Waals surface area contributed by atoms with E-state index in [4.69, 9.17) is 0 Å². The molecule has 1 atom stereocenters. The maximum absolute atomic E-state index is 9.76. The molecule has 0 saturated heterocycles. The van der Waals surface area contributed by atoms with E-state index in [2.05, 4.69) is 30.1 Å². The van der Waals surface area contributed by atoms with Crippen LogP contribution in [0.5, 0.6) is 0 Å². The number of fused-ring (bicyclic) bond motifs is 1. The van der Waals surface area contributed by atoms with Crippen LogP contribution in [0.3, 0.4) is 0 Å². The van der Waals surface area contributed by atoms with Crippen molar-refractivity contribution in [1.82, 2.24) is 4.98 Å². The lowest BCUT2D eigenvalue weighted by atomic mass is 10.0. The molecule has 0 aliphatic heterocycles. The minimum atomic E-state index is -0.218. The molecule has 0 fully saturated rings. The van der Waals surface area contributed by atoms with Crippen molar-refractivity contribution in [1.29, 1.82) is 0 Å². The average Bonchev–Trinajstić information content (AvgIpc) is 2.29. The van der Waals surface area contributed by atoms with Crippen molar-refractivity contribution in [2.75, 3.05) is 0 Å². The molecule has 0 aliphatic carbocycles. The van der Waals surface area contributed by atoms with Crippen LogP contribution >= 0.6 is 0 Å². The molecule has 0 bridgehead atoms. The van der Waals surface area contributed by atoms with Crippen LogP contribution in [0.4, 0.5) is 0 Å². The number of aromatic nitrogens is 1. The number of hydrogen-bond donors (Lipinski definition) is 1. The van der Waals surface area contributed by atoms with E-state index in [-0.39, 0.29) is 6.10 Å². The maximum atomic E-state index is 9.76. The molecule has 2 aromatic rings. The summed E-state index contributed by atoms with van der Waals surface area (Å²) in [5.41, 5.74) is 1.19. The van der Waals surface area contributed by atoms with Crippen LogP contribution in [0.25, 0.3) is 10.8 Å². The van der Waals surface area contributed by atoms with Gasteiger partial charge in [-0.3, -0.25) is 4.98 Å². The van der Waals surface area contributed by atoms with Gasteiger partial charge in [0.05, 0.1) is 6.10 Å². The Morgan fingerprint density at radius 2 is 2.12 bits per heavy atom. The highest BCUT2D eigenvalue weighted by molar-refractivity contribution is 5.81. The standard InChI is InChI=1S/C14H17NO/c1-2-3-14(16)9-11-4-5-13-10-15-7-6-12(13)8-11/h4-8,10,14,16H,2-3,9H2,1H3/t14-/m0/s1. The van der Waals surface area contributed by atoms with E-state index in [1.165, 1.54) is 10.9 Å². The zero-order valence-corrected chi connectivity index (χ0v) is 9.56. The molecule has 1 aromatic heterocycles. The topological polar surface area (TPSA) is 33.1 Å². The Morgan fingerprint density at radius 3 is 2.94 bits per heavy atom. The van der Waals surface area contributed by atoms with Crippen LogP contribution < -0.4 is 0 Å². The van der Waals surface area contributed by atoms with E-state index in [0.717, 1.165) is 24.6 Å². The highest BCUT2D eigenvalue weighted by Gasteiger charge is 2.04. The fraction of sp³-hybridized carbons (Fsp3) is 0.357. The van der Waals surface area contributed by atoms with Crippen molar-refractivity contribution < 1.29 is 5.11 Å². The SMILES string of the molecule is CCC[C@H](O)Cc1ccc2cnccc2c1. The molecule has 0 spiro atoms. The van der Waals surface area contributed by atoms with Crippen LogP contribution in [0, 0.1) is 0 Å². The van der Waals surface area contributed by atoms with Gasteiger partial charge in [0.1, 0.15) is 0 Å². The van der Waals surface area contributed by atoms with Crippen molar-refractivity contribution >= 4 is 10.8 Å². The molecular weight excluding hydrogens is 198 g/mol. The van der Waals surface area contributed by atoms with Crippen LogP contribution in [0.2, 0.25) is 0 Å². The van der Waals surface area contributed by atoms with Crippen molar-refractivity contribution in [3.8, 4) is 0 Å². The minimum absolute atomic E-state index is 0.218. The molecule has 16 heavy (non-hydrogen) atoms. The Bertz CT molecular complexity index is 467. The number of aliphatic hydroxyl groups excluding tert-OH is 1. The third-order valence-corrected chi connectivity index (χ3v) is 2.80. The van der Waals surface area contributed by atoms with Gasteiger partial charge in [-0.1, -0.05) is 31.5 Å². The quantitative estimate of drug-likeness (QED) is 0.850. The van der Waals surface area contributed by atoms with Crippen molar-refractivity contribution in [3.63, 3.8) is 0 Å². The van der Waals surface area contributed by atoms with Crippen LogP contribution in [0.15, 0.2) is 36.7 Å². The molecule has 2 nitrogen and oxygen atoms in total. The number of aliphatic hydroxyl groups is 1. The van der Waals surface area contributed by atoms with Gasteiger partial charge in [-0.05, 0) is 29.9 Å². The number of pyridine rings is 1. The zero-order chi connectivity index (χ0) is 11.4. The molecule has 0 radical (unpaired) electrons. The summed E-state index contributed by atoms with van der Waals surface area (Å²) in [4.78, 5) is 4.08. The Kier molecular flexibility index (Phi) is 3.52. The molecule has 2 rings (SSSR count). The maximum Gasteiger partial charge on any atom is 0.0580 e. The second-order valence-electron chi connectivity index (χ2n) is 4.20. The Balaban J connectivity index is 2.19. The van der Waals surface area contributed by atoms with Crippen molar-refractivity contribution in [3.05, 3.63) is 42.2 Å². The first-order chi connectivity index (χ1) is 7.79. The number of hydrogen-bond acceptors (Lipinski definition) is 2. The molecule has 1 heterocycles. The first kappa shape index (κ1) is 11.1. The van der Waals surface area contributed by atoms with Gasteiger partial charge < -0.3 is 5.11 Å². The zero-order valence-electron chi connectivity index (χ0n) is 9.56. The lowest BCUT2D eigenvalue weighted by molar-refractivity contribution is 0.164. The van der Waals surface area contributed by atoms with E-state index in [1.807, 2.05) is 12.3 Å². The van der Waals surface area contributed by atoms with E-state index < -0.39 is 0 Å². The van der Waals surface area contributed by atoms with Gasteiger partial charge in [0.2, 0.25) is 0 Å². The molecule has 0 unspecified atom stereocenters. The van der Waals surface area contributed by atoms with E-state index in [0.29, 0.717) is 0 Å². The van der Waals surface area contributed by atoms with E-state index in [1.54, 1.807) is 6.20 Å². The second kappa shape index (κ2) is 5.08. The summed E-state index contributed by atoms with van der Waals surface area (Å²) in [6.07, 6.45) is 6.08. The minimum Gasteiger partial charge on any atom is -0.393 e. The molecular formula is C14H17NO. The molecule has 1 N–H and O–H groups in total.